The van der Waals surface area contributed by atoms with Crippen LogP contribution in [0, 0.1) is 0 Å². The molecule has 0 aliphatic heterocycles. The molecule has 0 fully saturated rings. The Kier molecular flexibility index (Phi) is 2.70. The molecule has 1 aromatic heterocycles. The molecular weight excluding hydrogens is 186 g/mol. The molecule has 0 aliphatic rings. The number of nitrogens with two attached hydrogens (primary N) is 1. The Morgan fingerprint density at radius 2 is 2.29 bits per heavy atom. The van der Waals surface area contributed by atoms with Crippen molar-refractivity contribution in [1.29, 1.82) is 0 Å². The SMILES string of the molecule is CNc1c(N(C)C=O)nc(N)[nH]c1=O. The average molecular weight is 197 g/mol. The van der Waals surface area contributed by atoms with Crippen molar-refractivity contribution in [2.24, 2.45) is 0 Å². The second kappa shape index (κ2) is 3.77. The number of rotatable bonds is 3. The molecule has 0 spiro atoms. The number of hydrogen-bond acceptors (Lipinski definition) is 5. The van der Waals surface area contributed by atoms with Crippen LogP contribution < -0.4 is 21.5 Å². The number of aromatic amines is 1. The molecule has 7 nitrogen and oxygen atoms in total. The van der Waals surface area contributed by atoms with E-state index in [4.69, 9.17) is 5.73 Å². The van der Waals surface area contributed by atoms with Crippen molar-refractivity contribution >= 4 is 23.9 Å². The summed E-state index contributed by atoms with van der Waals surface area (Å²) in [7, 11) is 3.04. The van der Waals surface area contributed by atoms with E-state index in [0.29, 0.717) is 6.41 Å². The van der Waals surface area contributed by atoms with Crippen molar-refractivity contribution in [1.82, 2.24) is 9.97 Å². The van der Waals surface area contributed by atoms with E-state index in [0.717, 1.165) is 4.90 Å². The molecule has 0 aliphatic carbocycles. The summed E-state index contributed by atoms with van der Waals surface area (Å²) in [5.74, 6) is 0.168. The summed E-state index contributed by atoms with van der Waals surface area (Å²) in [5.41, 5.74) is 5.13. The van der Waals surface area contributed by atoms with Crippen LogP contribution in [0.4, 0.5) is 17.5 Å². The van der Waals surface area contributed by atoms with E-state index >= 15 is 0 Å². The summed E-state index contributed by atoms with van der Waals surface area (Å²) in [4.78, 5) is 29.1. The number of nitrogens with one attached hydrogen (secondary N) is 2. The quantitative estimate of drug-likeness (QED) is 0.538. The van der Waals surface area contributed by atoms with Crippen LogP contribution in [0.1, 0.15) is 0 Å². The highest BCUT2D eigenvalue weighted by Gasteiger charge is 2.12. The van der Waals surface area contributed by atoms with Crippen LogP contribution in [-0.2, 0) is 4.79 Å². The largest absolute Gasteiger partial charge is 0.381 e. The standard InChI is InChI=1S/C7H11N5O2/c1-9-4-5(12(2)3-13)10-7(8)11-6(4)14/h3,9H,1-2H3,(H3,8,10,11,14). The molecule has 7 heteroatoms. The number of carbonyl (C=O) groups is 1. The predicted octanol–water partition coefficient (Wildman–Crippen LogP) is -1.01. The van der Waals surface area contributed by atoms with Crippen LogP contribution in [0.2, 0.25) is 0 Å². The number of carbonyl (C=O) groups excluding carboxylic acids is 1. The second-order valence-corrected chi connectivity index (χ2v) is 2.62. The number of nitrogen functional groups attached to an aromatic ring is 1. The highest BCUT2D eigenvalue weighted by atomic mass is 16.1. The van der Waals surface area contributed by atoms with Crippen LogP contribution in [0.5, 0.6) is 0 Å². The van der Waals surface area contributed by atoms with Gasteiger partial charge in [-0.3, -0.25) is 14.6 Å². The Hall–Kier alpha value is -2.05. The van der Waals surface area contributed by atoms with Gasteiger partial charge in [-0.1, -0.05) is 0 Å². The molecule has 1 heterocycles. The first kappa shape index (κ1) is 10.0. The molecule has 0 saturated heterocycles. The molecule has 0 atom stereocenters. The van der Waals surface area contributed by atoms with Gasteiger partial charge >= 0.3 is 0 Å². The van der Waals surface area contributed by atoms with Gasteiger partial charge in [0.05, 0.1) is 0 Å². The van der Waals surface area contributed by atoms with E-state index in [1.54, 1.807) is 7.05 Å². The summed E-state index contributed by atoms with van der Waals surface area (Å²) < 4.78 is 0. The van der Waals surface area contributed by atoms with Crippen molar-refractivity contribution in [3.8, 4) is 0 Å². The molecule has 0 saturated carbocycles. The molecule has 1 rings (SSSR count). The van der Waals surface area contributed by atoms with Gasteiger partial charge in [0.25, 0.3) is 5.56 Å². The zero-order valence-corrected chi connectivity index (χ0v) is 7.87. The van der Waals surface area contributed by atoms with E-state index < -0.39 is 5.56 Å². The summed E-state index contributed by atoms with van der Waals surface area (Å²) >= 11 is 0. The third-order valence-electron chi connectivity index (χ3n) is 1.66. The van der Waals surface area contributed by atoms with Crippen LogP contribution >= 0.6 is 0 Å². The van der Waals surface area contributed by atoms with Gasteiger partial charge in [-0.25, -0.2) is 0 Å². The summed E-state index contributed by atoms with van der Waals surface area (Å²) in [6.07, 6.45) is 0.544. The van der Waals surface area contributed by atoms with Gasteiger partial charge in [0.1, 0.15) is 5.69 Å². The van der Waals surface area contributed by atoms with Gasteiger partial charge in [-0.2, -0.15) is 4.98 Å². The Morgan fingerprint density at radius 3 is 2.79 bits per heavy atom. The van der Waals surface area contributed by atoms with E-state index in [2.05, 4.69) is 15.3 Å². The van der Waals surface area contributed by atoms with Crippen LogP contribution in [0.25, 0.3) is 0 Å². The van der Waals surface area contributed by atoms with Gasteiger partial charge in [-0.15, -0.1) is 0 Å². The molecule has 1 amide bonds. The Morgan fingerprint density at radius 1 is 1.64 bits per heavy atom. The second-order valence-electron chi connectivity index (χ2n) is 2.62. The lowest BCUT2D eigenvalue weighted by Crippen LogP contribution is -2.24. The fourth-order valence-corrected chi connectivity index (χ4v) is 1.01. The monoisotopic (exact) mass is 197 g/mol. The third kappa shape index (κ3) is 1.65. The molecule has 4 N–H and O–H groups in total. The minimum absolute atomic E-state index is 0.0299. The smallest absolute Gasteiger partial charge is 0.277 e. The minimum atomic E-state index is -0.413. The highest BCUT2D eigenvalue weighted by Crippen LogP contribution is 2.16. The summed E-state index contributed by atoms with van der Waals surface area (Å²) in [6.45, 7) is 0. The number of aromatic nitrogens is 2. The van der Waals surface area contributed by atoms with Crippen molar-refractivity contribution in [2.45, 2.75) is 0 Å². The van der Waals surface area contributed by atoms with Crippen molar-refractivity contribution < 1.29 is 4.79 Å². The fraction of sp³-hybridized carbons (Fsp3) is 0.286. The van der Waals surface area contributed by atoms with Crippen molar-refractivity contribution in [3.05, 3.63) is 10.4 Å². The molecule has 0 aromatic carbocycles. The Labute approximate surface area is 79.9 Å². The van der Waals surface area contributed by atoms with Gasteiger partial charge in [-0.05, 0) is 0 Å². The zero-order valence-electron chi connectivity index (χ0n) is 7.87. The lowest BCUT2D eigenvalue weighted by Gasteiger charge is -2.13. The maximum absolute atomic E-state index is 11.3. The molecule has 0 bridgehead atoms. The van der Waals surface area contributed by atoms with Crippen molar-refractivity contribution in [3.63, 3.8) is 0 Å². The first-order chi connectivity index (χ1) is 6.60. The van der Waals surface area contributed by atoms with E-state index in [-0.39, 0.29) is 17.5 Å². The number of hydrogen-bond donors (Lipinski definition) is 3. The Bertz CT molecular complexity index is 400. The minimum Gasteiger partial charge on any atom is -0.381 e. The van der Waals surface area contributed by atoms with E-state index in [1.807, 2.05) is 0 Å². The molecular formula is C7H11N5O2. The summed E-state index contributed by atoms with van der Waals surface area (Å²) in [6, 6.07) is 0. The predicted molar refractivity (Wildman–Crippen MR) is 53.3 cm³/mol. The number of nitrogens with zero attached hydrogens (tertiary/aromatic N) is 2. The van der Waals surface area contributed by atoms with Gasteiger partial charge in [0.15, 0.2) is 5.82 Å². The van der Waals surface area contributed by atoms with E-state index in [1.165, 1.54) is 7.05 Å². The fourth-order valence-electron chi connectivity index (χ4n) is 1.01. The normalized spacial score (nSPS) is 9.57. The maximum atomic E-state index is 11.3. The third-order valence-corrected chi connectivity index (χ3v) is 1.66. The lowest BCUT2D eigenvalue weighted by atomic mass is 10.4. The van der Waals surface area contributed by atoms with Gasteiger partial charge in [0.2, 0.25) is 12.4 Å². The molecule has 76 valence electrons. The average Bonchev–Trinajstić information content (AvgIpc) is 2.15. The zero-order chi connectivity index (χ0) is 10.7. The van der Waals surface area contributed by atoms with Crippen LogP contribution in [0.3, 0.4) is 0 Å². The first-order valence-corrected chi connectivity index (χ1v) is 3.85. The van der Waals surface area contributed by atoms with E-state index in [9.17, 15) is 9.59 Å². The molecule has 0 unspecified atom stereocenters. The van der Waals surface area contributed by atoms with Gasteiger partial charge < -0.3 is 16.0 Å². The molecule has 14 heavy (non-hydrogen) atoms. The van der Waals surface area contributed by atoms with Gasteiger partial charge in [0, 0.05) is 14.1 Å². The maximum Gasteiger partial charge on any atom is 0.277 e. The molecule has 0 radical (unpaired) electrons. The van der Waals surface area contributed by atoms with Crippen LogP contribution in [-0.4, -0.2) is 30.5 Å². The lowest BCUT2D eigenvalue weighted by molar-refractivity contribution is -0.107. The van der Waals surface area contributed by atoms with Crippen LogP contribution in [0.15, 0.2) is 4.79 Å². The Balaban J connectivity index is 3.39. The first-order valence-electron chi connectivity index (χ1n) is 3.85. The molecule has 1 aromatic rings. The van der Waals surface area contributed by atoms with Crippen molar-refractivity contribution in [2.75, 3.05) is 30.0 Å². The summed E-state index contributed by atoms with van der Waals surface area (Å²) in [5, 5.41) is 2.64. The topological polar surface area (TPSA) is 104 Å². The number of anilines is 3. The highest BCUT2D eigenvalue weighted by molar-refractivity contribution is 5.80. The number of amides is 1. The number of H-pyrrole nitrogens is 1.